The number of nitrogens with zero attached hydrogens (tertiary/aromatic N) is 4. The molecule has 0 radical (unpaired) electrons. The number of anilines is 1. The molecule has 128 valence electrons. The standard InChI is InChI=1S/C16H28N6O/c1-14(13-17-2)15(23)18-7-4-8-21-9-11-22(12-10-21)16-19-5-3-6-20-16/h3,5-6,14,17H,4,7-13H2,1-2H3,(H,18,23). The summed E-state index contributed by atoms with van der Waals surface area (Å²) in [5, 5.41) is 6.03. The summed E-state index contributed by atoms with van der Waals surface area (Å²) in [7, 11) is 1.86. The Balaban J connectivity index is 1.59. The van der Waals surface area contributed by atoms with E-state index in [1.807, 2.05) is 20.0 Å². The molecule has 23 heavy (non-hydrogen) atoms. The molecule has 2 heterocycles. The van der Waals surface area contributed by atoms with Gasteiger partial charge in [0.15, 0.2) is 0 Å². The van der Waals surface area contributed by atoms with Gasteiger partial charge in [-0.3, -0.25) is 9.69 Å². The lowest BCUT2D eigenvalue weighted by Gasteiger charge is -2.34. The van der Waals surface area contributed by atoms with Crippen LogP contribution in [0.25, 0.3) is 0 Å². The van der Waals surface area contributed by atoms with Crippen molar-refractivity contribution in [2.45, 2.75) is 13.3 Å². The Morgan fingerprint density at radius 3 is 2.61 bits per heavy atom. The molecule has 1 aliphatic heterocycles. The first-order valence-electron chi connectivity index (χ1n) is 8.37. The van der Waals surface area contributed by atoms with Crippen LogP contribution in [0.1, 0.15) is 13.3 Å². The zero-order valence-electron chi connectivity index (χ0n) is 14.2. The Morgan fingerprint density at radius 1 is 1.26 bits per heavy atom. The van der Waals surface area contributed by atoms with Gasteiger partial charge in [0.1, 0.15) is 0 Å². The Labute approximate surface area is 138 Å². The first-order chi connectivity index (χ1) is 11.2. The topological polar surface area (TPSA) is 73.4 Å². The molecule has 1 aromatic rings. The number of hydrogen-bond acceptors (Lipinski definition) is 6. The van der Waals surface area contributed by atoms with E-state index in [0.29, 0.717) is 0 Å². The molecule has 0 bridgehead atoms. The van der Waals surface area contributed by atoms with Gasteiger partial charge in [-0.25, -0.2) is 9.97 Å². The number of carbonyl (C=O) groups excluding carboxylic acids is 1. The van der Waals surface area contributed by atoms with Gasteiger partial charge in [0.05, 0.1) is 0 Å². The summed E-state index contributed by atoms with van der Waals surface area (Å²) >= 11 is 0. The highest BCUT2D eigenvalue weighted by Crippen LogP contribution is 2.09. The van der Waals surface area contributed by atoms with Crippen molar-refractivity contribution in [1.82, 2.24) is 25.5 Å². The minimum Gasteiger partial charge on any atom is -0.356 e. The van der Waals surface area contributed by atoms with Gasteiger partial charge in [-0.1, -0.05) is 6.92 Å². The number of aromatic nitrogens is 2. The number of piperazine rings is 1. The van der Waals surface area contributed by atoms with E-state index >= 15 is 0 Å². The fraction of sp³-hybridized carbons (Fsp3) is 0.688. The van der Waals surface area contributed by atoms with Crippen LogP contribution in [0.15, 0.2) is 18.5 Å². The molecule has 1 saturated heterocycles. The van der Waals surface area contributed by atoms with E-state index in [1.165, 1.54) is 0 Å². The maximum absolute atomic E-state index is 11.8. The molecule has 7 nitrogen and oxygen atoms in total. The van der Waals surface area contributed by atoms with E-state index in [1.54, 1.807) is 12.4 Å². The molecule has 0 spiro atoms. The van der Waals surface area contributed by atoms with Crippen LogP contribution in [0, 0.1) is 5.92 Å². The monoisotopic (exact) mass is 320 g/mol. The van der Waals surface area contributed by atoms with Crippen molar-refractivity contribution in [3.8, 4) is 0 Å². The second-order valence-corrected chi connectivity index (χ2v) is 5.98. The number of amides is 1. The third-order valence-corrected chi connectivity index (χ3v) is 4.12. The predicted octanol–water partition coefficient (Wildman–Crippen LogP) is -0.0396. The fourth-order valence-electron chi connectivity index (χ4n) is 2.71. The smallest absolute Gasteiger partial charge is 0.225 e. The lowest BCUT2D eigenvalue weighted by Crippen LogP contribution is -2.47. The van der Waals surface area contributed by atoms with Crippen molar-refractivity contribution in [2.24, 2.45) is 5.92 Å². The number of nitrogens with one attached hydrogen (secondary N) is 2. The third-order valence-electron chi connectivity index (χ3n) is 4.12. The van der Waals surface area contributed by atoms with Gasteiger partial charge in [0.2, 0.25) is 11.9 Å². The Morgan fingerprint density at radius 2 is 1.96 bits per heavy atom. The maximum atomic E-state index is 11.8. The van der Waals surface area contributed by atoms with Crippen molar-refractivity contribution >= 4 is 11.9 Å². The molecule has 0 aromatic carbocycles. The zero-order valence-corrected chi connectivity index (χ0v) is 14.2. The normalized spacial score (nSPS) is 17.0. The summed E-state index contributed by atoms with van der Waals surface area (Å²) in [4.78, 5) is 25.0. The van der Waals surface area contributed by atoms with Gasteiger partial charge in [0.25, 0.3) is 0 Å². The molecular formula is C16H28N6O. The zero-order chi connectivity index (χ0) is 16.5. The molecule has 1 aromatic heterocycles. The van der Waals surface area contributed by atoms with E-state index in [0.717, 1.165) is 58.2 Å². The van der Waals surface area contributed by atoms with Crippen LogP contribution < -0.4 is 15.5 Å². The summed E-state index contributed by atoms with van der Waals surface area (Å²) in [6.45, 7) is 8.36. The Hall–Kier alpha value is -1.73. The van der Waals surface area contributed by atoms with Gasteiger partial charge in [0, 0.05) is 57.6 Å². The van der Waals surface area contributed by atoms with Crippen LogP contribution >= 0.6 is 0 Å². The molecule has 1 fully saturated rings. The van der Waals surface area contributed by atoms with Gasteiger partial charge in [-0.15, -0.1) is 0 Å². The Bertz CT molecular complexity index is 461. The van der Waals surface area contributed by atoms with Crippen LogP contribution in [0.3, 0.4) is 0 Å². The van der Waals surface area contributed by atoms with Gasteiger partial charge in [-0.05, 0) is 26.1 Å². The quantitative estimate of drug-likeness (QED) is 0.655. The minimum atomic E-state index is 0.0226. The second kappa shape index (κ2) is 9.42. The largest absolute Gasteiger partial charge is 0.356 e. The molecule has 0 saturated carbocycles. The second-order valence-electron chi connectivity index (χ2n) is 5.98. The van der Waals surface area contributed by atoms with E-state index in [2.05, 4.69) is 30.4 Å². The fourth-order valence-corrected chi connectivity index (χ4v) is 2.71. The maximum Gasteiger partial charge on any atom is 0.225 e. The summed E-state index contributed by atoms with van der Waals surface area (Å²) in [6.07, 6.45) is 4.55. The summed E-state index contributed by atoms with van der Waals surface area (Å²) in [6, 6.07) is 1.84. The average molecular weight is 320 g/mol. The summed E-state index contributed by atoms with van der Waals surface area (Å²) in [5.41, 5.74) is 0. The number of hydrogen-bond donors (Lipinski definition) is 2. The number of carbonyl (C=O) groups is 1. The van der Waals surface area contributed by atoms with Crippen molar-refractivity contribution < 1.29 is 4.79 Å². The minimum absolute atomic E-state index is 0.0226. The van der Waals surface area contributed by atoms with Crippen molar-refractivity contribution in [1.29, 1.82) is 0 Å². The lowest BCUT2D eigenvalue weighted by atomic mass is 10.1. The molecular weight excluding hydrogens is 292 g/mol. The molecule has 0 aliphatic carbocycles. The van der Waals surface area contributed by atoms with Gasteiger partial charge >= 0.3 is 0 Å². The van der Waals surface area contributed by atoms with Crippen molar-refractivity contribution in [3.05, 3.63) is 18.5 Å². The molecule has 2 N–H and O–H groups in total. The van der Waals surface area contributed by atoms with E-state index in [4.69, 9.17) is 0 Å². The first kappa shape index (κ1) is 17.6. The first-order valence-corrected chi connectivity index (χ1v) is 8.37. The summed E-state index contributed by atoms with van der Waals surface area (Å²) in [5.74, 6) is 0.970. The summed E-state index contributed by atoms with van der Waals surface area (Å²) < 4.78 is 0. The van der Waals surface area contributed by atoms with Crippen LogP contribution in [-0.2, 0) is 4.79 Å². The average Bonchev–Trinajstić information content (AvgIpc) is 2.60. The highest BCUT2D eigenvalue weighted by atomic mass is 16.1. The van der Waals surface area contributed by atoms with Crippen molar-refractivity contribution in [3.63, 3.8) is 0 Å². The van der Waals surface area contributed by atoms with Gasteiger partial charge < -0.3 is 15.5 Å². The molecule has 1 aliphatic rings. The Kier molecular flexibility index (Phi) is 7.22. The predicted molar refractivity (Wildman–Crippen MR) is 91.4 cm³/mol. The van der Waals surface area contributed by atoms with E-state index in [9.17, 15) is 4.79 Å². The van der Waals surface area contributed by atoms with Crippen LogP contribution in [-0.4, -0.2) is 73.6 Å². The third kappa shape index (κ3) is 5.76. The van der Waals surface area contributed by atoms with Gasteiger partial charge in [-0.2, -0.15) is 0 Å². The van der Waals surface area contributed by atoms with Crippen molar-refractivity contribution in [2.75, 3.05) is 57.8 Å². The highest BCUT2D eigenvalue weighted by molar-refractivity contribution is 5.78. The molecule has 1 amide bonds. The van der Waals surface area contributed by atoms with Crippen LogP contribution in [0.4, 0.5) is 5.95 Å². The van der Waals surface area contributed by atoms with E-state index < -0.39 is 0 Å². The van der Waals surface area contributed by atoms with Crippen LogP contribution in [0.5, 0.6) is 0 Å². The molecule has 1 unspecified atom stereocenters. The van der Waals surface area contributed by atoms with E-state index in [-0.39, 0.29) is 11.8 Å². The molecule has 2 rings (SSSR count). The molecule has 1 atom stereocenters. The molecule has 7 heteroatoms. The highest BCUT2D eigenvalue weighted by Gasteiger charge is 2.18. The SMILES string of the molecule is CNCC(C)C(=O)NCCCN1CCN(c2ncccn2)CC1. The number of rotatable bonds is 8. The van der Waals surface area contributed by atoms with Crippen LogP contribution in [0.2, 0.25) is 0 Å². The lowest BCUT2D eigenvalue weighted by molar-refractivity contribution is -0.124.